The number of carbonyl (C=O) groups excluding carboxylic acids is 1. The van der Waals surface area contributed by atoms with Crippen molar-refractivity contribution in [3.63, 3.8) is 0 Å². The van der Waals surface area contributed by atoms with Crippen molar-refractivity contribution in [2.24, 2.45) is 5.92 Å². The Kier molecular flexibility index (Phi) is 5.21. The number of anilines is 2. The summed E-state index contributed by atoms with van der Waals surface area (Å²) in [6.45, 7) is 0.356. The lowest BCUT2D eigenvalue weighted by atomic mass is 9.94. The highest BCUT2D eigenvalue weighted by atomic mass is 19.1. The normalized spacial score (nSPS) is 14.8. The highest BCUT2D eigenvalue weighted by molar-refractivity contribution is 5.92. The van der Waals surface area contributed by atoms with Gasteiger partial charge < -0.3 is 10.6 Å². The van der Waals surface area contributed by atoms with E-state index in [1.165, 1.54) is 35.5 Å². The highest BCUT2D eigenvalue weighted by Gasteiger charge is 2.38. The first-order valence-corrected chi connectivity index (χ1v) is 9.11. The molecule has 1 aliphatic rings. The van der Waals surface area contributed by atoms with Crippen molar-refractivity contribution in [1.82, 2.24) is 19.9 Å². The molecule has 1 saturated heterocycles. The van der Waals surface area contributed by atoms with Gasteiger partial charge in [-0.25, -0.2) is 32.9 Å². The number of alkyl halides is 1. The molecule has 4 rings (SSSR count). The topological polar surface area (TPSA) is 97.0 Å². The van der Waals surface area contributed by atoms with Gasteiger partial charge in [-0.05, 0) is 30.3 Å². The van der Waals surface area contributed by atoms with Gasteiger partial charge in [0.05, 0.1) is 11.4 Å². The van der Waals surface area contributed by atoms with Crippen molar-refractivity contribution >= 4 is 17.5 Å². The summed E-state index contributed by atoms with van der Waals surface area (Å²) in [6, 6.07) is 7.12. The molecule has 3 heterocycles. The molecule has 1 fully saturated rings. The van der Waals surface area contributed by atoms with Crippen LogP contribution in [-0.4, -0.2) is 39.0 Å². The Morgan fingerprint density at radius 2 is 1.90 bits per heavy atom. The van der Waals surface area contributed by atoms with E-state index in [0.717, 1.165) is 12.1 Å². The van der Waals surface area contributed by atoms with Crippen molar-refractivity contribution < 1.29 is 18.0 Å². The highest BCUT2D eigenvalue weighted by Crippen LogP contribution is 2.32. The average molecular weight is 414 g/mol. The third-order valence-electron chi connectivity index (χ3n) is 4.80. The summed E-state index contributed by atoms with van der Waals surface area (Å²) >= 11 is 0. The number of nitrogens with two attached hydrogens (primary N) is 1. The number of rotatable bonds is 4. The summed E-state index contributed by atoms with van der Waals surface area (Å²) in [5.74, 6) is -1.79. The van der Waals surface area contributed by atoms with Crippen LogP contribution in [0.5, 0.6) is 0 Å². The van der Waals surface area contributed by atoms with Crippen molar-refractivity contribution in [3.05, 3.63) is 66.3 Å². The third kappa shape index (κ3) is 3.88. The van der Waals surface area contributed by atoms with E-state index >= 15 is 0 Å². The average Bonchev–Trinajstić information content (AvgIpc) is 2.69. The number of benzene rings is 1. The molecule has 30 heavy (non-hydrogen) atoms. The van der Waals surface area contributed by atoms with E-state index < -0.39 is 29.8 Å². The maximum absolute atomic E-state index is 14.4. The molecule has 0 saturated carbocycles. The number of aromatic nitrogens is 3. The van der Waals surface area contributed by atoms with Crippen LogP contribution in [0, 0.1) is 17.6 Å². The zero-order valence-corrected chi connectivity index (χ0v) is 15.6. The van der Waals surface area contributed by atoms with Crippen molar-refractivity contribution in [1.29, 1.82) is 0 Å². The number of halogens is 3. The first kappa shape index (κ1) is 19.6. The fourth-order valence-electron chi connectivity index (χ4n) is 3.13. The lowest BCUT2D eigenvalue weighted by Gasteiger charge is -2.40. The Bertz CT molecular complexity index is 1080. The summed E-state index contributed by atoms with van der Waals surface area (Å²) in [6.07, 6.45) is 1.55. The number of amides is 2. The van der Waals surface area contributed by atoms with E-state index in [1.807, 2.05) is 0 Å². The smallest absolute Gasteiger partial charge is 0.323 e. The summed E-state index contributed by atoms with van der Waals surface area (Å²) in [5.41, 5.74) is 6.29. The van der Waals surface area contributed by atoms with E-state index in [4.69, 9.17) is 5.73 Å². The van der Waals surface area contributed by atoms with Gasteiger partial charge >= 0.3 is 6.03 Å². The maximum atomic E-state index is 14.4. The summed E-state index contributed by atoms with van der Waals surface area (Å²) < 4.78 is 41.6. The van der Waals surface area contributed by atoms with Crippen molar-refractivity contribution in [2.45, 2.75) is 6.17 Å². The molecule has 10 heteroatoms. The number of nitrogens with zero attached hydrogens (tertiary/aromatic N) is 4. The largest absolute Gasteiger partial charge is 0.396 e. The zero-order valence-electron chi connectivity index (χ0n) is 15.6. The molecular weight excluding hydrogens is 397 g/mol. The van der Waals surface area contributed by atoms with Crippen LogP contribution in [0.1, 0.15) is 12.0 Å². The van der Waals surface area contributed by atoms with Gasteiger partial charge in [0, 0.05) is 43.0 Å². The molecule has 2 aromatic heterocycles. The van der Waals surface area contributed by atoms with Crippen LogP contribution in [0.3, 0.4) is 0 Å². The lowest BCUT2D eigenvalue weighted by Crippen LogP contribution is -2.53. The number of urea groups is 1. The first-order chi connectivity index (χ1) is 14.4. The molecule has 0 bridgehead atoms. The van der Waals surface area contributed by atoms with E-state index in [2.05, 4.69) is 20.3 Å². The molecule has 154 valence electrons. The molecule has 2 amide bonds. The Morgan fingerprint density at radius 3 is 2.60 bits per heavy atom. The number of carbonyl (C=O) groups is 1. The molecule has 3 N–H and O–H groups in total. The van der Waals surface area contributed by atoms with E-state index in [0.29, 0.717) is 0 Å². The number of nitrogens with one attached hydrogen (secondary N) is 1. The molecule has 0 radical (unpaired) electrons. The minimum absolute atomic E-state index is 0.0351. The number of likely N-dealkylation sites (tertiary alicyclic amines) is 1. The summed E-state index contributed by atoms with van der Waals surface area (Å²) in [7, 11) is 0. The Labute approximate surface area is 169 Å². The lowest BCUT2D eigenvalue weighted by molar-refractivity contribution is 0.0653. The van der Waals surface area contributed by atoms with Gasteiger partial charge in [-0.2, -0.15) is 0 Å². The number of hydrogen-bond acceptors (Lipinski definition) is 5. The van der Waals surface area contributed by atoms with Gasteiger partial charge in [-0.15, -0.1) is 0 Å². The Morgan fingerprint density at radius 1 is 1.17 bits per heavy atom. The van der Waals surface area contributed by atoms with Crippen LogP contribution in [0.15, 0.2) is 48.8 Å². The van der Waals surface area contributed by atoms with Crippen molar-refractivity contribution in [2.75, 3.05) is 24.1 Å². The second-order valence-corrected chi connectivity index (χ2v) is 6.86. The minimum Gasteiger partial charge on any atom is -0.396 e. The second kappa shape index (κ2) is 7.97. The number of nitrogen functional groups attached to an aromatic ring is 1. The van der Waals surface area contributed by atoms with Gasteiger partial charge in [-0.1, -0.05) is 0 Å². The van der Waals surface area contributed by atoms with Gasteiger partial charge in [0.25, 0.3) is 0 Å². The monoisotopic (exact) mass is 414 g/mol. The van der Waals surface area contributed by atoms with E-state index in [9.17, 15) is 18.0 Å². The minimum atomic E-state index is -1.37. The standard InChI is InChI=1S/C20H17F3N6O/c21-12-2-3-13(14(22)8-12)16-5-4-15(24)18(27-16)28-20(30)29-9-11(10-29)17(23)19-25-6-1-7-26-19/h1-8,11,17H,9-10,24H2,(H,27,28,30). The van der Waals surface area contributed by atoms with Crippen LogP contribution < -0.4 is 11.1 Å². The molecule has 0 aliphatic carbocycles. The van der Waals surface area contributed by atoms with Crippen LogP contribution in [-0.2, 0) is 0 Å². The van der Waals surface area contributed by atoms with E-state index in [-0.39, 0.29) is 41.7 Å². The van der Waals surface area contributed by atoms with E-state index in [1.54, 1.807) is 6.07 Å². The predicted molar refractivity (Wildman–Crippen MR) is 104 cm³/mol. The van der Waals surface area contributed by atoms with Gasteiger partial charge in [0.1, 0.15) is 11.6 Å². The van der Waals surface area contributed by atoms with Crippen LogP contribution in [0.25, 0.3) is 11.3 Å². The quantitative estimate of drug-likeness (QED) is 0.680. The fraction of sp³-hybridized carbons (Fsp3) is 0.200. The predicted octanol–water partition coefficient (Wildman–Crippen LogP) is 3.57. The fourth-order valence-corrected chi connectivity index (χ4v) is 3.13. The van der Waals surface area contributed by atoms with Crippen LogP contribution >= 0.6 is 0 Å². The Hall–Kier alpha value is -3.69. The SMILES string of the molecule is Nc1ccc(-c2ccc(F)cc2F)nc1NC(=O)N1CC(C(F)c2ncccn2)C1. The molecular formula is C20H17F3N6O. The first-order valence-electron chi connectivity index (χ1n) is 9.11. The molecule has 7 nitrogen and oxygen atoms in total. The number of hydrogen-bond donors (Lipinski definition) is 2. The summed E-state index contributed by atoms with van der Waals surface area (Å²) in [5, 5.41) is 2.55. The van der Waals surface area contributed by atoms with Gasteiger partial charge in [0.15, 0.2) is 17.8 Å². The third-order valence-corrected chi connectivity index (χ3v) is 4.80. The molecule has 0 spiro atoms. The molecule has 1 aromatic carbocycles. The molecule has 3 aromatic rings. The molecule has 1 aliphatic heterocycles. The van der Waals surface area contributed by atoms with Gasteiger partial charge in [0.2, 0.25) is 0 Å². The zero-order chi connectivity index (χ0) is 21.3. The summed E-state index contributed by atoms with van der Waals surface area (Å²) in [4.78, 5) is 25.8. The second-order valence-electron chi connectivity index (χ2n) is 6.86. The number of pyridine rings is 1. The van der Waals surface area contributed by atoms with Gasteiger partial charge in [-0.3, -0.25) is 5.32 Å². The maximum Gasteiger partial charge on any atom is 0.323 e. The van der Waals surface area contributed by atoms with Crippen LogP contribution in [0.2, 0.25) is 0 Å². The van der Waals surface area contributed by atoms with Crippen LogP contribution in [0.4, 0.5) is 29.5 Å². The molecule has 1 unspecified atom stereocenters. The molecule has 1 atom stereocenters. The Balaban J connectivity index is 1.43. The van der Waals surface area contributed by atoms with Crippen molar-refractivity contribution in [3.8, 4) is 11.3 Å².